The van der Waals surface area contributed by atoms with E-state index in [9.17, 15) is 9.59 Å². The summed E-state index contributed by atoms with van der Waals surface area (Å²) in [5.74, 6) is 0.256. The van der Waals surface area contributed by atoms with Gasteiger partial charge in [-0.25, -0.2) is 0 Å². The third kappa shape index (κ3) is 5.90. The normalized spacial score (nSPS) is 14.4. The number of hydrogen-bond donors (Lipinski definition) is 1. The Kier molecular flexibility index (Phi) is 5.74. The monoisotopic (exact) mass is 334 g/mol. The number of carbonyl (C=O) groups excluding carboxylic acids is 2. The third-order valence-electron chi connectivity index (χ3n) is 3.83. The standard InChI is InChI=1S/C18H26N2O2S/c1-18(2,3)13-5-9-15(10-6-13)23-12-17(22)20(4)11-16(21)19-14-7-8-14/h5-6,9-10,14H,7-8,11-12H2,1-4H3,(H,19,21). The molecule has 0 aliphatic heterocycles. The smallest absolute Gasteiger partial charge is 0.239 e. The lowest BCUT2D eigenvalue weighted by Crippen LogP contribution is -2.39. The number of carbonyl (C=O) groups is 2. The maximum atomic E-state index is 12.1. The van der Waals surface area contributed by atoms with Crippen molar-refractivity contribution in [1.29, 1.82) is 0 Å². The van der Waals surface area contributed by atoms with E-state index in [1.807, 2.05) is 0 Å². The van der Waals surface area contributed by atoms with E-state index < -0.39 is 0 Å². The lowest BCUT2D eigenvalue weighted by Gasteiger charge is -2.19. The fourth-order valence-electron chi connectivity index (χ4n) is 2.11. The molecule has 1 N–H and O–H groups in total. The summed E-state index contributed by atoms with van der Waals surface area (Å²) >= 11 is 1.51. The molecule has 1 fully saturated rings. The molecule has 23 heavy (non-hydrogen) atoms. The van der Waals surface area contributed by atoms with Gasteiger partial charge in [0, 0.05) is 18.0 Å². The third-order valence-corrected chi connectivity index (χ3v) is 4.83. The first-order valence-corrected chi connectivity index (χ1v) is 9.01. The van der Waals surface area contributed by atoms with Gasteiger partial charge in [-0.15, -0.1) is 11.8 Å². The minimum Gasteiger partial charge on any atom is -0.352 e. The van der Waals surface area contributed by atoms with Crippen LogP contribution in [0.2, 0.25) is 0 Å². The van der Waals surface area contributed by atoms with E-state index in [2.05, 4.69) is 50.4 Å². The Morgan fingerprint density at radius 1 is 1.22 bits per heavy atom. The average Bonchev–Trinajstić information content (AvgIpc) is 3.27. The van der Waals surface area contributed by atoms with Gasteiger partial charge in [-0.05, 0) is 36.0 Å². The van der Waals surface area contributed by atoms with Crippen LogP contribution in [0.15, 0.2) is 29.2 Å². The van der Waals surface area contributed by atoms with Gasteiger partial charge in [0.05, 0.1) is 12.3 Å². The maximum absolute atomic E-state index is 12.1. The number of thioether (sulfide) groups is 1. The molecule has 0 atom stereocenters. The van der Waals surface area contributed by atoms with Crippen molar-refractivity contribution < 1.29 is 9.59 Å². The summed E-state index contributed by atoms with van der Waals surface area (Å²) in [6.45, 7) is 6.68. The summed E-state index contributed by atoms with van der Waals surface area (Å²) in [4.78, 5) is 26.4. The summed E-state index contributed by atoms with van der Waals surface area (Å²) in [6.07, 6.45) is 2.12. The van der Waals surface area contributed by atoms with E-state index in [1.165, 1.54) is 22.2 Å². The number of nitrogens with one attached hydrogen (secondary N) is 1. The summed E-state index contributed by atoms with van der Waals surface area (Å²) in [5.41, 5.74) is 1.41. The maximum Gasteiger partial charge on any atom is 0.239 e. The van der Waals surface area contributed by atoms with E-state index in [1.54, 1.807) is 7.05 Å². The summed E-state index contributed by atoms with van der Waals surface area (Å²) < 4.78 is 0. The van der Waals surface area contributed by atoms with Crippen molar-refractivity contribution in [3.8, 4) is 0 Å². The molecule has 1 aliphatic rings. The van der Waals surface area contributed by atoms with Crippen LogP contribution in [0.3, 0.4) is 0 Å². The number of benzene rings is 1. The minimum atomic E-state index is -0.0668. The highest BCUT2D eigenvalue weighted by Gasteiger charge is 2.24. The zero-order chi connectivity index (χ0) is 17.0. The van der Waals surface area contributed by atoms with E-state index in [0.29, 0.717) is 11.8 Å². The van der Waals surface area contributed by atoms with Gasteiger partial charge in [0.1, 0.15) is 0 Å². The molecule has 1 aliphatic carbocycles. The van der Waals surface area contributed by atoms with Crippen LogP contribution in [0.5, 0.6) is 0 Å². The van der Waals surface area contributed by atoms with Gasteiger partial charge in [0.2, 0.25) is 11.8 Å². The van der Waals surface area contributed by atoms with E-state index in [4.69, 9.17) is 0 Å². The molecule has 126 valence electrons. The zero-order valence-corrected chi connectivity index (χ0v) is 15.2. The van der Waals surface area contributed by atoms with Crippen LogP contribution in [-0.2, 0) is 15.0 Å². The molecule has 0 aromatic heterocycles. The largest absolute Gasteiger partial charge is 0.352 e. The molecule has 2 rings (SSSR count). The van der Waals surface area contributed by atoms with Gasteiger partial charge in [0.25, 0.3) is 0 Å². The van der Waals surface area contributed by atoms with E-state index in [0.717, 1.165) is 17.7 Å². The van der Waals surface area contributed by atoms with E-state index in [-0.39, 0.29) is 23.8 Å². The van der Waals surface area contributed by atoms with Gasteiger partial charge >= 0.3 is 0 Å². The molecule has 5 heteroatoms. The Morgan fingerprint density at radius 2 is 1.83 bits per heavy atom. The van der Waals surface area contributed by atoms with Gasteiger partial charge in [-0.2, -0.15) is 0 Å². The van der Waals surface area contributed by atoms with Crippen LogP contribution >= 0.6 is 11.8 Å². The second-order valence-electron chi connectivity index (χ2n) is 7.15. The Morgan fingerprint density at radius 3 is 2.35 bits per heavy atom. The molecule has 1 aromatic carbocycles. The molecular weight excluding hydrogens is 308 g/mol. The molecule has 0 bridgehead atoms. The van der Waals surface area contributed by atoms with Crippen molar-refractivity contribution in [2.75, 3.05) is 19.3 Å². The number of rotatable bonds is 6. The van der Waals surface area contributed by atoms with Crippen molar-refractivity contribution in [1.82, 2.24) is 10.2 Å². The van der Waals surface area contributed by atoms with Gasteiger partial charge in [-0.3, -0.25) is 9.59 Å². The molecule has 0 radical (unpaired) electrons. The molecule has 0 spiro atoms. The van der Waals surface area contributed by atoms with Crippen molar-refractivity contribution >= 4 is 23.6 Å². The lowest BCUT2D eigenvalue weighted by molar-refractivity contribution is -0.132. The quantitative estimate of drug-likeness (QED) is 0.814. The van der Waals surface area contributed by atoms with Gasteiger partial charge < -0.3 is 10.2 Å². The van der Waals surface area contributed by atoms with Crippen LogP contribution in [-0.4, -0.2) is 42.1 Å². The summed E-state index contributed by atoms with van der Waals surface area (Å²) in [7, 11) is 1.68. The first-order chi connectivity index (χ1) is 10.8. The Bertz CT molecular complexity index is 559. The molecule has 2 amide bonds. The number of amides is 2. The fraction of sp³-hybridized carbons (Fsp3) is 0.556. The minimum absolute atomic E-state index is 0.0270. The lowest BCUT2D eigenvalue weighted by atomic mass is 9.87. The second kappa shape index (κ2) is 7.39. The number of nitrogens with zero attached hydrogens (tertiary/aromatic N) is 1. The van der Waals surface area contributed by atoms with Crippen LogP contribution in [0.1, 0.15) is 39.2 Å². The predicted octanol–water partition coefficient (Wildman–Crippen LogP) is 2.81. The average molecular weight is 334 g/mol. The Hall–Kier alpha value is -1.49. The first kappa shape index (κ1) is 17.9. The topological polar surface area (TPSA) is 49.4 Å². The van der Waals surface area contributed by atoms with Gasteiger partial charge in [-0.1, -0.05) is 32.9 Å². The highest BCUT2D eigenvalue weighted by molar-refractivity contribution is 8.00. The number of hydrogen-bond acceptors (Lipinski definition) is 3. The Labute approximate surface area is 143 Å². The molecule has 0 unspecified atom stereocenters. The summed E-state index contributed by atoms with van der Waals surface area (Å²) in [6, 6.07) is 8.66. The molecule has 1 aromatic rings. The molecular formula is C18H26N2O2S. The van der Waals surface area contributed by atoms with Crippen molar-refractivity contribution in [2.24, 2.45) is 0 Å². The predicted molar refractivity (Wildman–Crippen MR) is 94.7 cm³/mol. The van der Waals surface area contributed by atoms with Crippen molar-refractivity contribution in [3.63, 3.8) is 0 Å². The van der Waals surface area contributed by atoms with Gasteiger partial charge in [0.15, 0.2) is 0 Å². The first-order valence-electron chi connectivity index (χ1n) is 8.02. The zero-order valence-electron chi connectivity index (χ0n) is 14.4. The van der Waals surface area contributed by atoms with Crippen molar-refractivity contribution in [3.05, 3.63) is 29.8 Å². The van der Waals surface area contributed by atoms with Crippen LogP contribution in [0, 0.1) is 0 Å². The van der Waals surface area contributed by atoms with Crippen LogP contribution in [0.4, 0.5) is 0 Å². The molecule has 0 saturated heterocycles. The molecule has 1 saturated carbocycles. The van der Waals surface area contributed by atoms with Crippen LogP contribution in [0.25, 0.3) is 0 Å². The fourth-order valence-corrected chi connectivity index (χ4v) is 2.95. The second-order valence-corrected chi connectivity index (χ2v) is 8.20. The van der Waals surface area contributed by atoms with Crippen molar-refractivity contribution in [2.45, 2.75) is 50.0 Å². The summed E-state index contributed by atoms with van der Waals surface area (Å²) in [5, 5.41) is 2.89. The van der Waals surface area contributed by atoms with Crippen LogP contribution < -0.4 is 5.32 Å². The highest BCUT2D eigenvalue weighted by atomic mass is 32.2. The number of likely N-dealkylation sites (N-methyl/N-ethyl adjacent to an activating group) is 1. The molecule has 4 nitrogen and oxygen atoms in total. The molecule has 0 heterocycles. The highest BCUT2D eigenvalue weighted by Crippen LogP contribution is 2.25. The van der Waals surface area contributed by atoms with E-state index >= 15 is 0 Å². The SMILES string of the molecule is CN(CC(=O)NC1CC1)C(=O)CSc1ccc(C(C)(C)C)cc1. The Balaban J connectivity index is 1.77.